The summed E-state index contributed by atoms with van der Waals surface area (Å²) in [5.74, 6) is -1.58. The number of hydrogen-bond acceptors (Lipinski definition) is 12. The zero-order chi connectivity index (χ0) is 47.1. The Morgan fingerprint density at radius 2 is 1.11 bits per heavy atom. The molecule has 6 aromatic carbocycles. The molecular weight excluding hydrogens is 866 g/mol. The number of ketones is 1. The zero-order valence-corrected chi connectivity index (χ0v) is 37.2. The van der Waals surface area contributed by atoms with Gasteiger partial charge < -0.3 is 0 Å². The Morgan fingerprint density at radius 3 is 1.56 bits per heavy atom. The van der Waals surface area contributed by atoms with Gasteiger partial charge in [-0.25, -0.2) is 0 Å². The van der Waals surface area contributed by atoms with Gasteiger partial charge in [-0.2, -0.15) is 0 Å². The zero-order valence-electron chi connectivity index (χ0n) is 36.3. The molecule has 0 radical (unpaired) electrons. The van der Waals surface area contributed by atoms with Gasteiger partial charge in [0.05, 0.1) is 0 Å². The van der Waals surface area contributed by atoms with Gasteiger partial charge in [0, 0.05) is 0 Å². The van der Waals surface area contributed by atoms with E-state index in [4.69, 9.17) is 18.9 Å². The molecule has 1 heterocycles. The number of amides is 1. The summed E-state index contributed by atoms with van der Waals surface area (Å²) in [6, 6.07) is 45.0. The second-order valence-electron chi connectivity index (χ2n) is 16.1. The first-order valence-corrected chi connectivity index (χ1v) is 23.3. The molecule has 2 unspecified atom stereocenters. The maximum absolute atomic E-state index is 16.1. The summed E-state index contributed by atoms with van der Waals surface area (Å²) >= 11 is 0. The number of likely N-dealkylation sites (tertiary alicyclic amines) is 1. The van der Waals surface area contributed by atoms with Crippen molar-refractivity contribution in [2.24, 2.45) is 5.92 Å². The molecule has 1 amide bonds. The predicted molar refractivity (Wildman–Crippen MR) is 248 cm³/mol. The van der Waals surface area contributed by atoms with E-state index < -0.39 is 65.0 Å². The number of Topliss-reactive ketones (excluding diaryl/α,β-unsaturated/α-hetero) is 1. The van der Waals surface area contributed by atoms with E-state index in [1.807, 2.05) is 0 Å². The first-order valence-electron chi connectivity index (χ1n) is 20.9. The molecule has 0 bridgehead atoms. The van der Waals surface area contributed by atoms with E-state index >= 15 is 9.59 Å². The van der Waals surface area contributed by atoms with Gasteiger partial charge in [-0.3, -0.25) is 10.1 Å². The molecule has 66 heavy (non-hydrogen) atoms. The molecule has 0 saturated carbocycles. The fourth-order valence-electron chi connectivity index (χ4n) is 9.05. The number of ether oxygens (including phenoxy) is 4. The number of benzene rings is 6. The number of nitrogens with zero attached hydrogens (tertiary/aromatic N) is 3. The van der Waals surface area contributed by atoms with E-state index in [2.05, 4.69) is 0 Å². The van der Waals surface area contributed by atoms with Gasteiger partial charge in [0.2, 0.25) is 0 Å². The van der Waals surface area contributed by atoms with Crippen molar-refractivity contribution >= 4 is 57.4 Å². The van der Waals surface area contributed by atoms with E-state index in [9.17, 15) is 29.8 Å². The quantitative estimate of drug-likeness (QED) is 0.0199. The van der Waals surface area contributed by atoms with E-state index in [0.717, 1.165) is 0 Å². The van der Waals surface area contributed by atoms with Gasteiger partial charge in [-0.05, 0) is 0 Å². The Hall–Kier alpha value is -7.77. The van der Waals surface area contributed by atoms with Gasteiger partial charge >= 0.3 is 365 Å². The summed E-state index contributed by atoms with van der Waals surface area (Å²) in [5.41, 5.74) is -2.14. The number of para-hydroxylation sites is 2. The van der Waals surface area contributed by atoms with Crippen LogP contribution in [0.5, 0.6) is 5.75 Å². The van der Waals surface area contributed by atoms with Crippen LogP contribution in [0.1, 0.15) is 41.8 Å². The number of methoxy groups -OCH3 is 1. The summed E-state index contributed by atoms with van der Waals surface area (Å²) in [6.45, 7) is -2.72. The minimum absolute atomic E-state index is 0.121. The van der Waals surface area contributed by atoms with Gasteiger partial charge in [0.1, 0.15) is 0 Å². The van der Waals surface area contributed by atoms with E-state index in [0.29, 0.717) is 27.2 Å². The van der Waals surface area contributed by atoms with E-state index in [-0.39, 0.29) is 41.0 Å². The van der Waals surface area contributed by atoms with Gasteiger partial charge in [-0.15, -0.1) is 0 Å². The first-order chi connectivity index (χ1) is 31.7. The van der Waals surface area contributed by atoms with Crippen LogP contribution in [0.2, 0.25) is 0 Å². The van der Waals surface area contributed by atoms with Crippen LogP contribution >= 0.6 is 6.60 Å². The second kappa shape index (κ2) is 19.1. The number of hydrogen-bond donors (Lipinski definition) is 0. The fourth-order valence-corrected chi connectivity index (χ4v) is 15.0. The van der Waals surface area contributed by atoms with E-state index in [1.54, 1.807) is 134 Å². The van der Waals surface area contributed by atoms with Gasteiger partial charge in [0.15, 0.2) is 0 Å². The van der Waals surface area contributed by atoms with Gasteiger partial charge in [0.25, 0.3) is 0 Å². The molecule has 338 valence electrons. The number of nitro groups is 2. The Balaban J connectivity index is 1.37. The first kappa shape index (κ1) is 46.2. The van der Waals surface area contributed by atoms with Crippen molar-refractivity contribution < 1.29 is 48.0 Å². The molecule has 1 fully saturated rings. The Bertz CT molecular complexity index is 2680. The molecular formula is C50H46N3O12P. The van der Waals surface area contributed by atoms with Crippen molar-refractivity contribution in [3.8, 4) is 5.75 Å². The number of carbonyl (C=O) groups is 4. The van der Waals surface area contributed by atoms with Crippen LogP contribution in [0.4, 0.5) is 21.0 Å². The molecule has 0 N–H and O–H groups in total. The van der Waals surface area contributed by atoms with Crippen molar-refractivity contribution in [3.05, 3.63) is 201 Å². The monoisotopic (exact) mass is 911 g/mol. The average Bonchev–Trinajstić information content (AvgIpc) is 3.34. The molecule has 0 aromatic heterocycles. The summed E-state index contributed by atoms with van der Waals surface area (Å²) in [5, 5.41) is 25.3. The molecule has 15 nitrogen and oxygen atoms in total. The van der Waals surface area contributed by atoms with Crippen LogP contribution in [0.3, 0.4) is 0 Å². The standard InChI is InChI=1S/C50H46N3O12P/c1-35(65-48(56)63-32-37-17-13-15-25-43(37)52(58)59)46-47(55)51(50(46,2)31-45(54)36-27-29-39(62-3)30-28-36)34-66(40-19-7-4-8-20-40,41-21-9-5-10-22-41,42-23-11-6-12-24-42)49(57)64-33-38-18-14-16-26-44(38)53(60)61/h4-30,35,46H,31-34H2,1-3H3/t35-,46?,50?/m1/s1. The summed E-state index contributed by atoms with van der Waals surface area (Å²) in [7, 11) is 1.50. The number of β-lactam (4-membered cyclic amide) rings is 1. The van der Waals surface area contributed by atoms with Crippen LogP contribution < -0.4 is 20.7 Å². The molecule has 16 heteroatoms. The number of carbonyl (C=O) groups excluding carboxylic acids is 4. The summed E-state index contributed by atoms with van der Waals surface area (Å²) in [4.78, 5) is 83.2. The Morgan fingerprint density at radius 1 is 0.667 bits per heavy atom. The van der Waals surface area contributed by atoms with Crippen LogP contribution in [-0.4, -0.2) is 63.3 Å². The van der Waals surface area contributed by atoms with Crippen LogP contribution in [-0.2, 0) is 32.2 Å². The van der Waals surface area contributed by atoms with Crippen molar-refractivity contribution in [1.82, 2.24) is 4.90 Å². The van der Waals surface area contributed by atoms with Crippen molar-refractivity contribution in [1.29, 1.82) is 0 Å². The van der Waals surface area contributed by atoms with Crippen molar-refractivity contribution in [2.45, 2.75) is 45.1 Å². The van der Waals surface area contributed by atoms with Crippen molar-refractivity contribution in [2.75, 3.05) is 13.4 Å². The SMILES string of the molecule is COc1ccc(C(=O)CC2(C)C([C@@H](C)OC(=O)OCc3ccccc3[N+](=O)[O-])C(=O)N2CP(C(=O)OCc2ccccc2[N+](=O)[O-])(c2ccccc2)(c2ccccc2)c2ccccc2)cc1. The van der Waals surface area contributed by atoms with Crippen LogP contribution in [0.15, 0.2) is 164 Å². The van der Waals surface area contributed by atoms with E-state index in [1.165, 1.54) is 55.3 Å². The summed E-state index contributed by atoms with van der Waals surface area (Å²) in [6.07, 6.45) is -3.06. The third kappa shape index (κ3) is 8.36. The molecule has 1 aliphatic rings. The second-order valence-corrected chi connectivity index (χ2v) is 20.9. The average molecular weight is 912 g/mol. The molecule has 0 aliphatic carbocycles. The topological polar surface area (TPSA) is 195 Å². The third-order valence-electron chi connectivity index (χ3n) is 12.4. The van der Waals surface area contributed by atoms with Gasteiger partial charge in [-0.1, -0.05) is 6.07 Å². The normalized spacial score (nSPS) is 16.7. The minimum atomic E-state index is -4.94. The Kier molecular flexibility index (Phi) is 13.4. The van der Waals surface area contributed by atoms with Crippen molar-refractivity contribution in [3.63, 3.8) is 0 Å². The van der Waals surface area contributed by atoms with Crippen LogP contribution in [0, 0.1) is 26.1 Å². The molecule has 7 rings (SSSR count). The van der Waals surface area contributed by atoms with Crippen LogP contribution in [0.25, 0.3) is 0 Å². The Labute approximate surface area is 380 Å². The molecule has 6 aromatic rings. The molecule has 3 atom stereocenters. The summed E-state index contributed by atoms with van der Waals surface area (Å²) < 4.78 is 22.8. The number of rotatable bonds is 18. The maximum atomic E-state index is 16.1. The molecule has 1 aliphatic heterocycles. The predicted octanol–water partition coefficient (Wildman–Crippen LogP) is 8.87. The third-order valence-corrected chi connectivity index (χ3v) is 18.5. The molecule has 0 spiro atoms. The fraction of sp³-hybridized carbons (Fsp3) is 0.200. The molecule has 1 saturated heterocycles. The number of nitro benzene ring substituents is 2.